The zero-order valence-corrected chi connectivity index (χ0v) is 12.1. The zero-order chi connectivity index (χ0) is 13.4. The fraction of sp³-hybridized carbons (Fsp3) is 0.733. The molecule has 2 atom stereocenters. The summed E-state index contributed by atoms with van der Waals surface area (Å²) in [6, 6.07) is 4.33. The lowest BCUT2D eigenvalue weighted by atomic mass is 10.0. The molecule has 3 nitrogen and oxygen atoms in total. The number of nitrogens with zero attached hydrogens (tertiary/aromatic N) is 1. The minimum Gasteiger partial charge on any atom is -0.468 e. The van der Waals surface area contributed by atoms with Gasteiger partial charge in [-0.1, -0.05) is 20.3 Å². The number of nitrogens with two attached hydrogens (primary N) is 1. The van der Waals surface area contributed by atoms with Crippen molar-refractivity contribution in [2.24, 2.45) is 11.7 Å². The molecule has 2 unspecified atom stereocenters. The van der Waals surface area contributed by atoms with E-state index in [1.807, 2.05) is 12.1 Å². The topological polar surface area (TPSA) is 42.4 Å². The van der Waals surface area contributed by atoms with Crippen molar-refractivity contribution in [1.82, 2.24) is 4.90 Å². The lowest BCUT2D eigenvalue weighted by Crippen LogP contribution is -2.28. The normalized spacial score (nSPS) is 14.9. The quantitative estimate of drug-likeness (QED) is 0.733. The van der Waals surface area contributed by atoms with Gasteiger partial charge in [0, 0.05) is 12.6 Å². The van der Waals surface area contributed by atoms with Crippen LogP contribution in [0.4, 0.5) is 0 Å². The summed E-state index contributed by atoms with van der Waals surface area (Å²) in [6.07, 6.45) is 5.37. The van der Waals surface area contributed by atoms with Gasteiger partial charge in [0.25, 0.3) is 0 Å². The summed E-state index contributed by atoms with van der Waals surface area (Å²) in [5, 5.41) is 0. The first-order chi connectivity index (χ1) is 8.61. The van der Waals surface area contributed by atoms with Gasteiger partial charge < -0.3 is 10.2 Å². The smallest absolute Gasteiger partial charge is 0.117 e. The van der Waals surface area contributed by atoms with Crippen LogP contribution in [0.15, 0.2) is 22.8 Å². The van der Waals surface area contributed by atoms with Gasteiger partial charge in [0.05, 0.1) is 12.8 Å². The zero-order valence-electron chi connectivity index (χ0n) is 12.1. The molecular weight excluding hydrogens is 224 g/mol. The summed E-state index contributed by atoms with van der Waals surface area (Å²) in [4.78, 5) is 2.44. The van der Waals surface area contributed by atoms with Crippen LogP contribution in [0.2, 0.25) is 0 Å². The molecular formula is C15H28N2O. The molecule has 0 aliphatic heterocycles. The predicted octanol–water partition coefficient (Wildman–Crippen LogP) is 3.26. The molecule has 18 heavy (non-hydrogen) atoms. The van der Waals surface area contributed by atoms with Crippen molar-refractivity contribution in [3.63, 3.8) is 0 Å². The van der Waals surface area contributed by atoms with Crippen LogP contribution >= 0.6 is 0 Å². The van der Waals surface area contributed by atoms with Gasteiger partial charge >= 0.3 is 0 Å². The third-order valence-electron chi connectivity index (χ3n) is 3.33. The molecule has 1 heterocycles. The molecule has 0 saturated heterocycles. The van der Waals surface area contributed by atoms with Crippen molar-refractivity contribution in [3.05, 3.63) is 24.2 Å². The first-order valence-electron chi connectivity index (χ1n) is 7.12. The van der Waals surface area contributed by atoms with Gasteiger partial charge in [0.1, 0.15) is 5.76 Å². The van der Waals surface area contributed by atoms with E-state index < -0.39 is 0 Å². The maximum Gasteiger partial charge on any atom is 0.117 e. The largest absolute Gasteiger partial charge is 0.468 e. The summed E-state index contributed by atoms with van der Waals surface area (Å²) in [7, 11) is 0. The van der Waals surface area contributed by atoms with Gasteiger partial charge in [0.2, 0.25) is 0 Å². The highest BCUT2D eigenvalue weighted by Crippen LogP contribution is 2.13. The van der Waals surface area contributed by atoms with E-state index in [2.05, 4.69) is 25.7 Å². The Morgan fingerprint density at radius 2 is 2.11 bits per heavy atom. The van der Waals surface area contributed by atoms with Crippen molar-refractivity contribution >= 4 is 0 Å². The highest BCUT2D eigenvalue weighted by atomic mass is 16.3. The maximum atomic E-state index is 5.77. The highest BCUT2D eigenvalue weighted by Gasteiger charge is 2.10. The molecule has 0 fully saturated rings. The Kier molecular flexibility index (Phi) is 7.06. The number of hydrogen-bond acceptors (Lipinski definition) is 3. The van der Waals surface area contributed by atoms with Crippen LogP contribution in [-0.2, 0) is 6.54 Å². The predicted molar refractivity (Wildman–Crippen MR) is 76.3 cm³/mol. The Bertz CT molecular complexity index is 295. The van der Waals surface area contributed by atoms with Gasteiger partial charge in [-0.15, -0.1) is 0 Å². The fourth-order valence-corrected chi connectivity index (χ4v) is 2.25. The van der Waals surface area contributed by atoms with E-state index in [4.69, 9.17) is 10.2 Å². The molecule has 1 aromatic heterocycles. The van der Waals surface area contributed by atoms with Crippen LogP contribution in [0.3, 0.4) is 0 Å². The Morgan fingerprint density at radius 3 is 2.67 bits per heavy atom. The second kappa shape index (κ2) is 8.33. The van der Waals surface area contributed by atoms with Gasteiger partial charge in [0.15, 0.2) is 0 Å². The third kappa shape index (κ3) is 6.22. The Labute approximate surface area is 111 Å². The Morgan fingerprint density at radius 1 is 1.33 bits per heavy atom. The van der Waals surface area contributed by atoms with E-state index in [-0.39, 0.29) is 0 Å². The molecule has 0 aliphatic carbocycles. The molecule has 0 aromatic carbocycles. The fourth-order valence-electron chi connectivity index (χ4n) is 2.25. The summed E-state index contributed by atoms with van der Waals surface area (Å²) in [6.45, 7) is 9.74. The van der Waals surface area contributed by atoms with Gasteiger partial charge in [-0.25, -0.2) is 0 Å². The van der Waals surface area contributed by atoms with Crippen LogP contribution in [0, 0.1) is 5.92 Å². The molecule has 0 amide bonds. The standard InChI is InChI=1S/C15H28N2O/c1-4-17(12-15-9-6-10-18-15)11-13(2)7-5-8-14(3)16/h6,9-10,13-14H,4-5,7-8,11-12,16H2,1-3H3. The van der Waals surface area contributed by atoms with Crippen molar-refractivity contribution in [2.75, 3.05) is 13.1 Å². The first-order valence-corrected chi connectivity index (χ1v) is 7.12. The monoisotopic (exact) mass is 252 g/mol. The Balaban J connectivity index is 2.24. The van der Waals surface area contributed by atoms with E-state index in [0.29, 0.717) is 6.04 Å². The number of rotatable bonds is 9. The van der Waals surface area contributed by atoms with Crippen LogP contribution in [0.1, 0.15) is 45.8 Å². The summed E-state index contributed by atoms with van der Waals surface area (Å²) in [5.74, 6) is 1.78. The van der Waals surface area contributed by atoms with Crippen molar-refractivity contribution in [1.29, 1.82) is 0 Å². The maximum absolute atomic E-state index is 5.77. The van der Waals surface area contributed by atoms with Crippen LogP contribution in [0.25, 0.3) is 0 Å². The molecule has 0 aliphatic rings. The van der Waals surface area contributed by atoms with E-state index in [1.54, 1.807) is 6.26 Å². The first kappa shape index (κ1) is 15.3. The minimum atomic E-state index is 0.336. The molecule has 1 rings (SSSR count). The molecule has 0 spiro atoms. The third-order valence-corrected chi connectivity index (χ3v) is 3.33. The summed E-state index contributed by atoms with van der Waals surface area (Å²) < 4.78 is 5.40. The highest BCUT2D eigenvalue weighted by molar-refractivity contribution is 4.97. The van der Waals surface area contributed by atoms with Crippen molar-refractivity contribution < 1.29 is 4.42 Å². The van der Waals surface area contributed by atoms with Crippen LogP contribution in [0.5, 0.6) is 0 Å². The molecule has 3 heteroatoms. The number of hydrogen-bond donors (Lipinski definition) is 1. The Hall–Kier alpha value is -0.800. The van der Waals surface area contributed by atoms with Crippen molar-refractivity contribution in [3.8, 4) is 0 Å². The van der Waals surface area contributed by atoms with Gasteiger partial charge in [-0.2, -0.15) is 0 Å². The molecule has 0 saturated carbocycles. The molecule has 2 N–H and O–H groups in total. The van der Waals surface area contributed by atoms with Crippen LogP contribution < -0.4 is 5.73 Å². The molecule has 0 bridgehead atoms. The molecule has 1 aromatic rings. The van der Waals surface area contributed by atoms with E-state index in [0.717, 1.165) is 37.7 Å². The van der Waals surface area contributed by atoms with Crippen molar-refractivity contribution in [2.45, 2.75) is 52.6 Å². The van der Waals surface area contributed by atoms with E-state index in [1.165, 1.54) is 12.8 Å². The summed E-state index contributed by atoms with van der Waals surface area (Å²) >= 11 is 0. The SMILES string of the molecule is CCN(Cc1ccco1)CC(C)CCCC(C)N. The second-order valence-electron chi connectivity index (χ2n) is 5.42. The average molecular weight is 252 g/mol. The lowest BCUT2D eigenvalue weighted by Gasteiger charge is -2.23. The average Bonchev–Trinajstić information content (AvgIpc) is 2.80. The van der Waals surface area contributed by atoms with E-state index in [9.17, 15) is 0 Å². The number of furan rings is 1. The minimum absolute atomic E-state index is 0.336. The van der Waals surface area contributed by atoms with E-state index >= 15 is 0 Å². The lowest BCUT2D eigenvalue weighted by molar-refractivity contribution is 0.216. The molecule has 0 radical (unpaired) electrons. The summed E-state index contributed by atoms with van der Waals surface area (Å²) in [5.41, 5.74) is 5.77. The second-order valence-corrected chi connectivity index (χ2v) is 5.42. The molecule has 104 valence electrons. The van der Waals surface area contributed by atoms with Gasteiger partial charge in [-0.3, -0.25) is 4.90 Å². The van der Waals surface area contributed by atoms with Crippen LogP contribution in [-0.4, -0.2) is 24.0 Å². The van der Waals surface area contributed by atoms with Gasteiger partial charge in [-0.05, 0) is 44.4 Å².